The van der Waals surface area contributed by atoms with Gasteiger partial charge in [-0.25, -0.2) is 4.98 Å². The third kappa shape index (κ3) is 3.77. The Morgan fingerprint density at radius 1 is 1.39 bits per heavy atom. The van der Waals surface area contributed by atoms with E-state index in [1.165, 1.54) is 28.6 Å². The van der Waals surface area contributed by atoms with Crippen LogP contribution in [0, 0.1) is 0 Å². The predicted octanol–water partition coefficient (Wildman–Crippen LogP) is 3.21. The molecular weight excluding hydrogens is 328 g/mol. The van der Waals surface area contributed by atoms with E-state index in [2.05, 4.69) is 15.0 Å². The molecule has 1 aliphatic carbocycles. The molecule has 0 unspecified atom stereocenters. The van der Waals surface area contributed by atoms with Crippen molar-refractivity contribution in [3.63, 3.8) is 0 Å². The van der Waals surface area contributed by atoms with Crippen LogP contribution in [0.3, 0.4) is 0 Å². The Morgan fingerprint density at radius 3 is 2.87 bits per heavy atom. The van der Waals surface area contributed by atoms with Crippen LogP contribution in [0.1, 0.15) is 49.9 Å². The summed E-state index contributed by atoms with van der Waals surface area (Å²) in [6, 6.07) is 0. The number of rotatable bonds is 2. The molecule has 23 heavy (non-hydrogen) atoms. The molecule has 5 nitrogen and oxygen atoms in total. The van der Waals surface area contributed by atoms with Gasteiger partial charge in [-0.1, -0.05) is 11.8 Å². The van der Waals surface area contributed by atoms with Crippen LogP contribution < -0.4 is 11.3 Å². The summed E-state index contributed by atoms with van der Waals surface area (Å²) < 4.78 is 0. The molecule has 0 spiro atoms. The lowest BCUT2D eigenvalue weighted by atomic mass is 9.97. The summed E-state index contributed by atoms with van der Waals surface area (Å²) in [4.78, 5) is 26.6. The zero-order chi connectivity index (χ0) is 16.6. The van der Waals surface area contributed by atoms with E-state index in [1.54, 1.807) is 11.3 Å². The number of thiophene rings is 1. The van der Waals surface area contributed by atoms with Crippen molar-refractivity contribution in [2.24, 2.45) is 10.7 Å². The van der Waals surface area contributed by atoms with Gasteiger partial charge in [0, 0.05) is 4.88 Å². The van der Waals surface area contributed by atoms with E-state index in [4.69, 9.17) is 5.73 Å². The Hall–Kier alpha value is -1.34. The number of nitrogens with two attached hydrogens (primary N) is 1. The third-order valence-corrected chi connectivity index (χ3v) is 5.67. The fraction of sp³-hybridized carbons (Fsp3) is 0.562. The Labute approximate surface area is 143 Å². The summed E-state index contributed by atoms with van der Waals surface area (Å²) in [6.07, 6.45) is 4.44. The molecule has 0 amide bonds. The maximum Gasteiger partial charge on any atom is 0.259 e. The minimum Gasteiger partial charge on any atom is -0.379 e. The average molecular weight is 351 g/mol. The number of amidine groups is 1. The van der Waals surface area contributed by atoms with Crippen LogP contribution >= 0.6 is 23.1 Å². The average Bonchev–Trinajstić information content (AvgIpc) is 2.82. The number of thioether (sulfide) groups is 1. The van der Waals surface area contributed by atoms with E-state index in [1.807, 2.05) is 20.8 Å². The highest BCUT2D eigenvalue weighted by atomic mass is 32.2. The van der Waals surface area contributed by atoms with Gasteiger partial charge in [0.1, 0.15) is 10.7 Å². The number of H-pyrrole nitrogens is 1. The van der Waals surface area contributed by atoms with E-state index in [0.29, 0.717) is 16.7 Å². The highest BCUT2D eigenvalue weighted by Gasteiger charge is 2.19. The fourth-order valence-electron chi connectivity index (χ4n) is 2.78. The number of nitrogens with zero attached hydrogens (tertiary/aromatic N) is 2. The van der Waals surface area contributed by atoms with Gasteiger partial charge in [0.25, 0.3) is 5.56 Å². The van der Waals surface area contributed by atoms with Crippen molar-refractivity contribution in [2.45, 2.75) is 57.7 Å². The topological polar surface area (TPSA) is 84.1 Å². The number of aliphatic imine (C=N–C) groups is 1. The van der Waals surface area contributed by atoms with Crippen LogP contribution in [0.2, 0.25) is 0 Å². The second kappa shape index (κ2) is 6.28. The molecule has 2 aromatic rings. The summed E-state index contributed by atoms with van der Waals surface area (Å²) in [5, 5.41) is 1.32. The number of aryl methyl sites for hydroxylation is 2. The van der Waals surface area contributed by atoms with Gasteiger partial charge in [0.05, 0.1) is 16.7 Å². The molecule has 3 N–H and O–H groups in total. The first kappa shape index (κ1) is 16.5. The smallest absolute Gasteiger partial charge is 0.259 e. The lowest BCUT2D eigenvalue weighted by Crippen LogP contribution is -2.18. The third-order valence-electron chi connectivity index (χ3n) is 3.68. The summed E-state index contributed by atoms with van der Waals surface area (Å²) >= 11 is 3.08. The standard InChI is InChI=1S/C16H22N4OS2/c1-16(2,3)20-15(17)22-8-11-18-13(21)12-9-6-4-5-7-10(9)23-14(12)19-11/h4-8H2,1-3H3,(H2,17,20)(H,18,19,21). The first-order chi connectivity index (χ1) is 10.8. The summed E-state index contributed by atoms with van der Waals surface area (Å²) in [7, 11) is 0. The number of aromatic nitrogens is 2. The normalized spacial score (nSPS) is 15.9. The van der Waals surface area contributed by atoms with E-state index in [0.717, 1.165) is 29.5 Å². The van der Waals surface area contributed by atoms with Crippen LogP contribution in [-0.2, 0) is 18.6 Å². The molecule has 124 valence electrons. The highest BCUT2D eigenvalue weighted by molar-refractivity contribution is 8.13. The van der Waals surface area contributed by atoms with Gasteiger partial charge in [-0.15, -0.1) is 11.3 Å². The fourth-order valence-corrected chi connectivity index (χ4v) is 4.82. The molecule has 0 atom stereocenters. The van der Waals surface area contributed by atoms with Gasteiger partial charge >= 0.3 is 0 Å². The Morgan fingerprint density at radius 2 is 2.13 bits per heavy atom. The molecule has 7 heteroatoms. The molecule has 2 aromatic heterocycles. The minimum atomic E-state index is -0.200. The second-order valence-electron chi connectivity index (χ2n) is 6.81. The quantitative estimate of drug-likeness (QED) is 0.643. The monoisotopic (exact) mass is 350 g/mol. The van der Waals surface area contributed by atoms with Crippen molar-refractivity contribution < 1.29 is 0 Å². The molecule has 0 saturated heterocycles. The lowest BCUT2D eigenvalue weighted by molar-refractivity contribution is 0.585. The van der Waals surface area contributed by atoms with Crippen LogP contribution in [0.15, 0.2) is 9.79 Å². The Bertz CT molecular complexity index is 814. The summed E-state index contributed by atoms with van der Waals surface area (Å²) in [5.74, 6) is 1.19. The van der Waals surface area contributed by atoms with Crippen molar-refractivity contribution in [2.75, 3.05) is 0 Å². The number of aromatic amines is 1. The molecule has 2 heterocycles. The van der Waals surface area contributed by atoms with Crippen LogP contribution in [0.4, 0.5) is 0 Å². The van der Waals surface area contributed by atoms with Crippen molar-refractivity contribution in [3.8, 4) is 0 Å². The first-order valence-electron chi connectivity index (χ1n) is 7.85. The lowest BCUT2D eigenvalue weighted by Gasteiger charge is -2.13. The number of hydrogen-bond donors (Lipinski definition) is 2. The molecule has 0 saturated carbocycles. The molecule has 3 rings (SSSR count). The van der Waals surface area contributed by atoms with Gasteiger partial charge in [-0.05, 0) is 52.0 Å². The van der Waals surface area contributed by atoms with Gasteiger partial charge in [0.2, 0.25) is 0 Å². The molecule has 0 fully saturated rings. The summed E-state index contributed by atoms with van der Waals surface area (Å²) in [6.45, 7) is 6.01. The first-order valence-corrected chi connectivity index (χ1v) is 9.65. The molecular formula is C16H22N4OS2. The number of hydrogen-bond acceptors (Lipinski definition) is 5. The molecule has 0 aromatic carbocycles. The van der Waals surface area contributed by atoms with Gasteiger partial charge < -0.3 is 10.7 Å². The molecule has 0 radical (unpaired) electrons. The summed E-state index contributed by atoms with van der Waals surface area (Å²) in [5.41, 5.74) is 6.94. The van der Waals surface area contributed by atoms with E-state index in [9.17, 15) is 4.79 Å². The largest absolute Gasteiger partial charge is 0.379 e. The van der Waals surface area contributed by atoms with Gasteiger partial charge in [-0.3, -0.25) is 9.79 Å². The SMILES string of the molecule is CC(C)(C)N=C(N)SCc1nc2sc3c(c2c(=O)[nH]1)CCCC3. The van der Waals surface area contributed by atoms with Crippen LogP contribution in [-0.4, -0.2) is 20.7 Å². The molecule has 0 bridgehead atoms. The zero-order valence-electron chi connectivity index (χ0n) is 13.7. The van der Waals surface area contributed by atoms with Gasteiger partial charge in [0.15, 0.2) is 5.17 Å². The Balaban J connectivity index is 1.86. The highest BCUT2D eigenvalue weighted by Crippen LogP contribution is 2.33. The van der Waals surface area contributed by atoms with Crippen LogP contribution in [0.5, 0.6) is 0 Å². The number of nitrogens with one attached hydrogen (secondary N) is 1. The maximum absolute atomic E-state index is 12.4. The van der Waals surface area contributed by atoms with Gasteiger partial charge in [-0.2, -0.15) is 0 Å². The zero-order valence-corrected chi connectivity index (χ0v) is 15.4. The van der Waals surface area contributed by atoms with E-state index >= 15 is 0 Å². The van der Waals surface area contributed by atoms with Crippen molar-refractivity contribution >= 4 is 38.5 Å². The molecule has 1 aliphatic rings. The second-order valence-corrected chi connectivity index (χ2v) is 8.89. The predicted molar refractivity (Wildman–Crippen MR) is 99.6 cm³/mol. The minimum absolute atomic E-state index is 0.0173. The van der Waals surface area contributed by atoms with E-state index < -0.39 is 0 Å². The maximum atomic E-state index is 12.4. The van der Waals surface area contributed by atoms with Crippen molar-refractivity contribution in [3.05, 3.63) is 26.6 Å². The van der Waals surface area contributed by atoms with E-state index in [-0.39, 0.29) is 11.1 Å². The Kier molecular flexibility index (Phi) is 4.51. The van der Waals surface area contributed by atoms with Crippen molar-refractivity contribution in [1.29, 1.82) is 0 Å². The van der Waals surface area contributed by atoms with Crippen molar-refractivity contribution in [1.82, 2.24) is 9.97 Å². The number of fused-ring (bicyclic) bond motifs is 3. The molecule has 0 aliphatic heterocycles. The van der Waals surface area contributed by atoms with Crippen LogP contribution in [0.25, 0.3) is 10.2 Å².